The molecule has 0 aliphatic heterocycles. The third kappa shape index (κ3) is 3.04. The van der Waals surface area contributed by atoms with Crippen molar-refractivity contribution in [3.05, 3.63) is 16.6 Å². The van der Waals surface area contributed by atoms with E-state index in [9.17, 15) is 8.42 Å². The average Bonchev–Trinajstić information content (AvgIpc) is 2.67. The first-order chi connectivity index (χ1) is 6.59. The fourth-order valence-corrected chi connectivity index (χ4v) is 2.74. The molecular weight excluding hydrogens is 220 g/mol. The molecule has 0 bridgehead atoms. The van der Waals surface area contributed by atoms with Crippen LogP contribution in [-0.4, -0.2) is 19.2 Å². The lowest BCUT2D eigenvalue weighted by Gasteiger charge is -2.13. The molecule has 80 valence electrons. The van der Waals surface area contributed by atoms with Crippen LogP contribution in [-0.2, 0) is 10.0 Å². The Morgan fingerprint density at radius 3 is 2.71 bits per heavy atom. The van der Waals surface area contributed by atoms with Crippen molar-refractivity contribution in [1.82, 2.24) is 9.71 Å². The van der Waals surface area contributed by atoms with E-state index in [4.69, 9.17) is 0 Å². The smallest absolute Gasteiger partial charge is 0.211 e. The predicted octanol–water partition coefficient (Wildman–Crippen LogP) is 1.53. The lowest BCUT2D eigenvalue weighted by molar-refractivity contribution is 0.550. The van der Waals surface area contributed by atoms with Gasteiger partial charge in [0.2, 0.25) is 10.0 Å². The van der Waals surface area contributed by atoms with Gasteiger partial charge in [0.15, 0.2) is 0 Å². The average molecular weight is 234 g/mol. The van der Waals surface area contributed by atoms with Crippen molar-refractivity contribution in [3.8, 4) is 0 Å². The van der Waals surface area contributed by atoms with E-state index in [-0.39, 0.29) is 11.8 Å². The highest BCUT2D eigenvalue weighted by molar-refractivity contribution is 7.89. The van der Waals surface area contributed by atoms with E-state index >= 15 is 0 Å². The van der Waals surface area contributed by atoms with E-state index in [1.807, 2.05) is 12.3 Å². The van der Waals surface area contributed by atoms with Crippen molar-refractivity contribution in [2.45, 2.75) is 26.3 Å². The number of rotatable bonds is 5. The van der Waals surface area contributed by atoms with Crippen molar-refractivity contribution in [1.29, 1.82) is 0 Å². The van der Waals surface area contributed by atoms with Crippen LogP contribution in [0.3, 0.4) is 0 Å². The fraction of sp³-hybridized carbons (Fsp3) is 0.625. The minimum atomic E-state index is -3.14. The van der Waals surface area contributed by atoms with Crippen LogP contribution in [0.4, 0.5) is 0 Å². The van der Waals surface area contributed by atoms with Gasteiger partial charge in [-0.3, -0.25) is 0 Å². The summed E-state index contributed by atoms with van der Waals surface area (Å²) in [6.07, 6.45) is 2.40. The Morgan fingerprint density at radius 2 is 2.29 bits per heavy atom. The van der Waals surface area contributed by atoms with Crippen LogP contribution < -0.4 is 4.72 Å². The molecule has 0 amide bonds. The van der Waals surface area contributed by atoms with Crippen molar-refractivity contribution < 1.29 is 8.42 Å². The van der Waals surface area contributed by atoms with E-state index in [0.29, 0.717) is 6.42 Å². The van der Waals surface area contributed by atoms with Crippen molar-refractivity contribution in [2.24, 2.45) is 0 Å². The van der Waals surface area contributed by atoms with Crippen LogP contribution in [0.15, 0.2) is 11.6 Å². The van der Waals surface area contributed by atoms with Gasteiger partial charge in [-0.15, -0.1) is 11.3 Å². The molecule has 1 rings (SSSR count). The molecule has 6 heteroatoms. The molecule has 0 aliphatic rings. The van der Waals surface area contributed by atoms with Crippen LogP contribution in [0.1, 0.15) is 31.3 Å². The van der Waals surface area contributed by atoms with Crippen LogP contribution in [0, 0.1) is 0 Å². The maximum absolute atomic E-state index is 11.3. The zero-order valence-corrected chi connectivity index (χ0v) is 9.86. The summed E-state index contributed by atoms with van der Waals surface area (Å²) in [4.78, 5) is 4.10. The van der Waals surface area contributed by atoms with E-state index in [0.717, 1.165) is 5.01 Å². The summed E-state index contributed by atoms with van der Waals surface area (Å²) >= 11 is 1.47. The van der Waals surface area contributed by atoms with Gasteiger partial charge in [0.05, 0.1) is 11.8 Å². The zero-order valence-electron chi connectivity index (χ0n) is 8.23. The molecule has 1 N–H and O–H groups in total. The largest absolute Gasteiger partial charge is 0.248 e. The van der Waals surface area contributed by atoms with Gasteiger partial charge in [0, 0.05) is 11.6 Å². The third-order valence-corrected chi connectivity index (χ3v) is 4.15. The summed E-state index contributed by atoms with van der Waals surface area (Å²) < 4.78 is 25.3. The number of nitrogens with zero attached hydrogens (tertiary/aromatic N) is 1. The monoisotopic (exact) mass is 234 g/mol. The molecule has 1 aromatic heterocycles. The summed E-state index contributed by atoms with van der Waals surface area (Å²) in [5.41, 5.74) is 0. The van der Waals surface area contributed by atoms with Gasteiger partial charge in [-0.05, 0) is 13.3 Å². The van der Waals surface area contributed by atoms with Gasteiger partial charge in [0.25, 0.3) is 0 Å². The maximum Gasteiger partial charge on any atom is 0.211 e. The first kappa shape index (κ1) is 11.6. The Labute approximate surface area is 88.4 Å². The van der Waals surface area contributed by atoms with Gasteiger partial charge < -0.3 is 0 Å². The lowest BCUT2D eigenvalue weighted by Crippen LogP contribution is -2.29. The van der Waals surface area contributed by atoms with E-state index < -0.39 is 10.0 Å². The van der Waals surface area contributed by atoms with Crippen LogP contribution in [0.2, 0.25) is 0 Å². The third-order valence-electron chi connectivity index (χ3n) is 1.86. The highest BCUT2D eigenvalue weighted by Gasteiger charge is 2.17. The van der Waals surface area contributed by atoms with Gasteiger partial charge in [-0.25, -0.2) is 18.1 Å². The molecule has 0 spiro atoms. The number of hydrogen-bond donors (Lipinski definition) is 1. The molecule has 0 aliphatic carbocycles. The minimum Gasteiger partial charge on any atom is -0.248 e. The molecule has 0 unspecified atom stereocenters. The SMILES string of the molecule is CC[C@@H](NS(=O)(=O)CC)c1nccs1. The van der Waals surface area contributed by atoms with Gasteiger partial charge in [-0.2, -0.15) is 0 Å². The standard InChI is InChI=1S/C8H14N2O2S2/c1-3-7(8-9-5-6-13-8)10-14(11,12)4-2/h5-7,10H,3-4H2,1-2H3/t7-/m1/s1. The molecular formula is C8H14N2O2S2. The normalized spacial score (nSPS) is 14.1. The van der Waals surface area contributed by atoms with Crippen molar-refractivity contribution >= 4 is 21.4 Å². The zero-order chi connectivity index (χ0) is 10.6. The first-order valence-corrected chi connectivity index (χ1v) is 7.01. The Balaban J connectivity index is 2.75. The van der Waals surface area contributed by atoms with E-state index in [1.54, 1.807) is 13.1 Å². The second kappa shape index (κ2) is 4.86. The topological polar surface area (TPSA) is 59.1 Å². The summed E-state index contributed by atoms with van der Waals surface area (Å²) in [5, 5.41) is 2.67. The molecule has 4 nitrogen and oxygen atoms in total. The molecule has 1 atom stereocenters. The highest BCUT2D eigenvalue weighted by Crippen LogP contribution is 2.19. The summed E-state index contributed by atoms with van der Waals surface area (Å²) in [6, 6.07) is -0.181. The van der Waals surface area contributed by atoms with Crippen LogP contribution >= 0.6 is 11.3 Å². The number of sulfonamides is 1. The molecule has 0 fully saturated rings. The maximum atomic E-state index is 11.3. The molecule has 0 saturated carbocycles. The molecule has 0 saturated heterocycles. The number of hydrogen-bond acceptors (Lipinski definition) is 4. The number of aromatic nitrogens is 1. The van der Waals surface area contributed by atoms with Crippen molar-refractivity contribution in [2.75, 3.05) is 5.75 Å². The molecule has 1 aromatic rings. The minimum absolute atomic E-state index is 0.106. The summed E-state index contributed by atoms with van der Waals surface area (Å²) in [7, 11) is -3.14. The van der Waals surface area contributed by atoms with E-state index in [1.165, 1.54) is 11.3 Å². The number of nitrogens with one attached hydrogen (secondary N) is 1. The Hall–Kier alpha value is -0.460. The molecule has 0 radical (unpaired) electrons. The summed E-state index contributed by atoms with van der Waals surface area (Å²) in [5.74, 6) is 0.106. The highest BCUT2D eigenvalue weighted by atomic mass is 32.2. The summed E-state index contributed by atoms with van der Waals surface area (Å²) in [6.45, 7) is 3.56. The molecule has 0 aromatic carbocycles. The molecule has 1 heterocycles. The quantitative estimate of drug-likeness (QED) is 0.840. The first-order valence-electron chi connectivity index (χ1n) is 4.48. The second-order valence-corrected chi connectivity index (χ2v) is 5.82. The fourth-order valence-electron chi connectivity index (χ4n) is 1.02. The predicted molar refractivity (Wildman–Crippen MR) is 57.7 cm³/mol. The Morgan fingerprint density at radius 1 is 1.57 bits per heavy atom. The van der Waals surface area contributed by atoms with Crippen LogP contribution in [0.25, 0.3) is 0 Å². The van der Waals surface area contributed by atoms with Crippen LogP contribution in [0.5, 0.6) is 0 Å². The molecule has 14 heavy (non-hydrogen) atoms. The Bertz CT molecular complexity index is 359. The van der Waals surface area contributed by atoms with Crippen molar-refractivity contribution in [3.63, 3.8) is 0 Å². The number of thiazole rings is 1. The van der Waals surface area contributed by atoms with E-state index in [2.05, 4.69) is 9.71 Å². The second-order valence-electron chi connectivity index (χ2n) is 2.85. The van der Waals surface area contributed by atoms with Gasteiger partial charge >= 0.3 is 0 Å². The van der Waals surface area contributed by atoms with Gasteiger partial charge in [0.1, 0.15) is 5.01 Å². The van der Waals surface area contributed by atoms with Gasteiger partial charge in [-0.1, -0.05) is 6.92 Å². The Kier molecular flexibility index (Phi) is 4.03. The lowest BCUT2D eigenvalue weighted by atomic mass is 10.3.